The SMILES string of the molecule is CC(=O)OC[C@]12[C@H](O)C(=O)[C@H](C)[C@@]3(C[C@@H](c4ccoc4)O[C@@H]3OC(C)=O)[C@H]1CCC[C@@]21CO1. The smallest absolute Gasteiger partial charge is 0.304 e. The summed E-state index contributed by atoms with van der Waals surface area (Å²) in [4.78, 5) is 37.6. The van der Waals surface area contributed by atoms with E-state index in [9.17, 15) is 19.5 Å². The third-order valence-electron chi connectivity index (χ3n) is 8.64. The monoisotopic (exact) mass is 462 g/mol. The third-order valence-corrected chi connectivity index (χ3v) is 8.64. The fourth-order valence-corrected chi connectivity index (χ4v) is 7.05. The summed E-state index contributed by atoms with van der Waals surface area (Å²) in [5.41, 5.74) is -2.05. The van der Waals surface area contributed by atoms with Gasteiger partial charge in [0.15, 0.2) is 5.78 Å². The van der Waals surface area contributed by atoms with Crippen molar-refractivity contribution in [2.24, 2.45) is 22.7 Å². The molecule has 9 heteroatoms. The number of carbonyl (C=O) groups excluding carboxylic acids is 3. The molecule has 0 amide bonds. The highest BCUT2D eigenvalue weighted by Gasteiger charge is 2.79. The van der Waals surface area contributed by atoms with Crippen molar-refractivity contribution in [1.29, 1.82) is 0 Å². The minimum Gasteiger partial charge on any atom is -0.472 e. The number of esters is 2. The van der Waals surface area contributed by atoms with Crippen LogP contribution in [0.4, 0.5) is 0 Å². The van der Waals surface area contributed by atoms with Gasteiger partial charge in [-0.15, -0.1) is 0 Å². The molecule has 5 rings (SSSR count). The molecule has 2 spiro atoms. The van der Waals surface area contributed by atoms with Gasteiger partial charge < -0.3 is 28.5 Å². The molecule has 0 bridgehead atoms. The highest BCUT2D eigenvalue weighted by molar-refractivity contribution is 5.88. The average molecular weight is 462 g/mol. The molecule has 180 valence electrons. The van der Waals surface area contributed by atoms with Gasteiger partial charge in [0.2, 0.25) is 6.29 Å². The summed E-state index contributed by atoms with van der Waals surface area (Å²) < 4.78 is 28.7. The van der Waals surface area contributed by atoms with Gasteiger partial charge in [-0.3, -0.25) is 14.4 Å². The standard InChI is InChI=1S/C24H30O9/c1-13-19(27)20(28)24(12-30-14(2)25)18(5-4-7-22(24)11-31-22)23(13)9-17(16-6-8-29-10-16)33-21(23)32-15(3)26/h6,8,10,13,17-18,20-21,28H,4-5,7,9,11-12H2,1-3H3/t13-,17-,18+,20+,21-,22+,23-,24+/m0/s1. The van der Waals surface area contributed by atoms with Crippen LogP contribution in [0, 0.1) is 22.7 Å². The van der Waals surface area contributed by atoms with Crippen molar-refractivity contribution in [2.45, 2.75) is 70.6 Å². The normalized spacial score (nSPS) is 44.0. The van der Waals surface area contributed by atoms with E-state index < -0.39 is 52.8 Å². The molecule has 2 aliphatic heterocycles. The number of aliphatic hydroxyl groups excluding tert-OH is 1. The molecule has 0 aromatic carbocycles. The Balaban J connectivity index is 1.66. The van der Waals surface area contributed by atoms with Crippen LogP contribution in [0.15, 0.2) is 23.0 Å². The Morgan fingerprint density at radius 1 is 1.27 bits per heavy atom. The third kappa shape index (κ3) is 3.05. The van der Waals surface area contributed by atoms with Crippen LogP contribution in [0.25, 0.3) is 0 Å². The number of epoxide rings is 1. The predicted octanol–water partition coefficient (Wildman–Crippen LogP) is 2.31. The van der Waals surface area contributed by atoms with Crippen molar-refractivity contribution in [3.63, 3.8) is 0 Å². The number of aliphatic hydroxyl groups is 1. The van der Waals surface area contributed by atoms with Crippen LogP contribution >= 0.6 is 0 Å². The largest absolute Gasteiger partial charge is 0.472 e. The van der Waals surface area contributed by atoms with Crippen molar-refractivity contribution in [2.75, 3.05) is 13.2 Å². The maximum Gasteiger partial charge on any atom is 0.304 e. The predicted molar refractivity (Wildman–Crippen MR) is 110 cm³/mol. The van der Waals surface area contributed by atoms with E-state index in [1.165, 1.54) is 13.8 Å². The molecule has 4 aliphatic rings. The fraction of sp³-hybridized carbons (Fsp3) is 0.708. The van der Waals surface area contributed by atoms with Gasteiger partial charge in [0, 0.05) is 30.7 Å². The molecule has 1 aromatic heterocycles. The molecule has 0 unspecified atom stereocenters. The highest BCUT2D eigenvalue weighted by atomic mass is 16.7. The Hall–Kier alpha value is -2.23. The molecule has 1 N–H and O–H groups in total. The van der Waals surface area contributed by atoms with Gasteiger partial charge in [-0.1, -0.05) is 13.3 Å². The number of ether oxygens (including phenoxy) is 4. The molecule has 9 nitrogen and oxygen atoms in total. The van der Waals surface area contributed by atoms with E-state index in [2.05, 4.69) is 0 Å². The zero-order valence-electron chi connectivity index (χ0n) is 19.1. The maximum atomic E-state index is 13.7. The Kier molecular flexibility index (Phi) is 5.23. The van der Waals surface area contributed by atoms with E-state index >= 15 is 0 Å². The molecule has 4 fully saturated rings. The first-order valence-electron chi connectivity index (χ1n) is 11.5. The van der Waals surface area contributed by atoms with Gasteiger partial charge in [-0.25, -0.2) is 0 Å². The Bertz CT molecular complexity index is 951. The van der Waals surface area contributed by atoms with E-state index in [1.807, 2.05) is 0 Å². The molecule has 0 radical (unpaired) electrons. The molecule has 1 aromatic rings. The summed E-state index contributed by atoms with van der Waals surface area (Å²) in [5.74, 6) is -2.38. The van der Waals surface area contributed by atoms with Crippen LogP contribution in [-0.4, -0.2) is 54.0 Å². The maximum absolute atomic E-state index is 13.7. The molecule has 33 heavy (non-hydrogen) atoms. The number of hydrogen-bond acceptors (Lipinski definition) is 9. The summed E-state index contributed by atoms with van der Waals surface area (Å²) in [6.07, 6.45) is 2.82. The van der Waals surface area contributed by atoms with E-state index in [1.54, 1.807) is 25.5 Å². The average Bonchev–Trinajstić information content (AvgIpc) is 3.19. The van der Waals surface area contributed by atoms with E-state index in [0.717, 1.165) is 12.0 Å². The van der Waals surface area contributed by atoms with Crippen LogP contribution in [0.5, 0.6) is 0 Å². The minimum absolute atomic E-state index is 0.141. The molecule has 3 heterocycles. The quantitative estimate of drug-likeness (QED) is 0.530. The van der Waals surface area contributed by atoms with Gasteiger partial charge in [0.05, 0.1) is 30.7 Å². The number of rotatable bonds is 4. The van der Waals surface area contributed by atoms with Gasteiger partial charge in [0.1, 0.15) is 18.3 Å². The number of fused-ring (bicyclic) bond motifs is 3. The first kappa shape index (κ1) is 22.6. The van der Waals surface area contributed by atoms with Gasteiger partial charge in [0.25, 0.3) is 0 Å². The highest BCUT2D eigenvalue weighted by Crippen LogP contribution is 2.71. The molecule has 8 atom stereocenters. The topological polar surface area (TPSA) is 125 Å². The lowest BCUT2D eigenvalue weighted by molar-refractivity contribution is -0.255. The van der Waals surface area contributed by atoms with Crippen LogP contribution in [0.3, 0.4) is 0 Å². The summed E-state index contributed by atoms with van der Waals surface area (Å²) >= 11 is 0. The van der Waals surface area contributed by atoms with Gasteiger partial charge in [-0.2, -0.15) is 0 Å². The summed E-state index contributed by atoms with van der Waals surface area (Å²) in [5, 5.41) is 11.5. The van der Waals surface area contributed by atoms with Crippen molar-refractivity contribution < 1.29 is 42.9 Å². The second kappa shape index (κ2) is 7.65. The van der Waals surface area contributed by atoms with Crippen molar-refractivity contribution in [3.05, 3.63) is 24.2 Å². The summed E-state index contributed by atoms with van der Waals surface area (Å²) in [7, 11) is 0. The number of Topliss-reactive ketones (excluding diaryl/α,β-unsaturated/α-hetero) is 1. The lowest BCUT2D eigenvalue weighted by Crippen LogP contribution is -2.71. The van der Waals surface area contributed by atoms with Crippen LogP contribution < -0.4 is 0 Å². The Morgan fingerprint density at radius 3 is 2.64 bits per heavy atom. The molecular formula is C24H30O9. The number of furan rings is 1. The van der Waals surface area contributed by atoms with Crippen molar-refractivity contribution in [1.82, 2.24) is 0 Å². The first-order valence-corrected chi connectivity index (χ1v) is 11.5. The second-order valence-electron chi connectivity index (χ2n) is 10.0. The van der Waals surface area contributed by atoms with Crippen molar-refractivity contribution >= 4 is 17.7 Å². The zero-order valence-corrected chi connectivity index (χ0v) is 19.1. The molecule has 2 saturated heterocycles. The first-order chi connectivity index (χ1) is 15.7. The van der Waals surface area contributed by atoms with Crippen LogP contribution in [0.2, 0.25) is 0 Å². The number of ketones is 1. The molecule has 2 saturated carbocycles. The van der Waals surface area contributed by atoms with Gasteiger partial charge in [-0.05, 0) is 31.2 Å². The van der Waals surface area contributed by atoms with Crippen molar-refractivity contribution in [3.8, 4) is 0 Å². The molecule has 2 aliphatic carbocycles. The van der Waals surface area contributed by atoms with E-state index in [0.29, 0.717) is 25.9 Å². The Labute approximate surface area is 191 Å². The van der Waals surface area contributed by atoms with Gasteiger partial charge >= 0.3 is 11.9 Å². The van der Waals surface area contributed by atoms with E-state index in [-0.39, 0.29) is 18.3 Å². The van der Waals surface area contributed by atoms with Crippen LogP contribution in [0.1, 0.15) is 58.1 Å². The summed E-state index contributed by atoms with van der Waals surface area (Å²) in [6.45, 7) is 4.62. The zero-order chi connectivity index (χ0) is 23.6. The lowest BCUT2D eigenvalue weighted by atomic mass is 9.42. The lowest BCUT2D eigenvalue weighted by Gasteiger charge is -2.61. The number of carbonyl (C=O) groups is 3. The number of hydrogen-bond donors (Lipinski definition) is 1. The summed E-state index contributed by atoms with van der Waals surface area (Å²) in [6, 6.07) is 1.79. The Morgan fingerprint density at radius 2 is 2.03 bits per heavy atom. The van der Waals surface area contributed by atoms with E-state index in [4.69, 9.17) is 23.4 Å². The minimum atomic E-state index is -1.36. The molecular weight excluding hydrogens is 432 g/mol. The van der Waals surface area contributed by atoms with Crippen LogP contribution in [-0.2, 0) is 33.3 Å². The second-order valence-corrected chi connectivity index (χ2v) is 10.0. The fourth-order valence-electron chi connectivity index (χ4n) is 7.05.